The molecule has 4 saturated carbocycles. The van der Waals surface area contributed by atoms with Crippen molar-refractivity contribution < 1.29 is 19.1 Å². The first kappa shape index (κ1) is 21.2. The second-order valence-corrected chi connectivity index (χ2v) is 11.2. The van der Waals surface area contributed by atoms with Crippen LogP contribution in [0.4, 0.5) is 0 Å². The summed E-state index contributed by atoms with van der Waals surface area (Å²) < 4.78 is 11.5. The van der Waals surface area contributed by atoms with Crippen LogP contribution in [0.1, 0.15) is 92.4 Å². The Morgan fingerprint density at radius 2 is 1.66 bits per heavy atom. The first-order chi connectivity index (χ1) is 13.7. The third kappa shape index (κ3) is 3.43. The molecule has 0 heterocycles. The molecule has 0 aromatic rings. The Balaban J connectivity index is 1.64. The van der Waals surface area contributed by atoms with Crippen LogP contribution >= 0.6 is 0 Å². The Hall–Kier alpha value is -1.06. The van der Waals surface area contributed by atoms with Gasteiger partial charge in [0.25, 0.3) is 0 Å². The fourth-order valence-corrected chi connectivity index (χ4v) is 8.83. The highest BCUT2D eigenvalue weighted by atomic mass is 16.6. The minimum Gasteiger partial charge on any atom is -0.462 e. The fourth-order valence-electron chi connectivity index (χ4n) is 8.83. The number of ether oxygens (including phenoxy) is 2. The van der Waals surface area contributed by atoms with Crippen molar-refractivity contribution in [2.45, 2.75) is 105 Å². The van der Waals surface area contributed by atoms with Crippen LogP contribution < -0.4 is 0 Å². The average molecular weight is 405 g/mol. The van der Waals surface area contributed by atoms with Gasteiger partial charge in [-0.2, -0.15) is 0 Å². The predicted octanol–water partition coefficient (Wildman–Crippen LogP) is 5.53. The number of fused-ring (bicyclic) bond motifs is 5. The van der Waals surface area contributed by atoms with Crippen LogP contribution in [0.5, 0.6) is 0 Å². The SMILES string of the molecule is CC(=O)O[C@H](C)[C@@H]1[C@H](OC(C)=O)C[C@@H]2[C@@H]3CC[C@H]4CCCC[C@]4(C)[C@H]3CC[C@@]12C. The number of rotatable bonds is 3. The molecule has 0 N–H and O–H groups in total. The van der Waals surface area contributed by atoms with Gasteiger partial charge in [-0.1, -0.05) is 26.7 Å². The first-order valence-electron chi connectivity index (χ1n) is 12.0. The van der Waals surface area contributed by atoms with Crippen LogP contribution in [0, 0.1) is 40.4 Å². The van der Waals surface area contributed by atoms with E-state index in [1.807, 2.05) is 6.92 Å². The van der Waals surface area contributed by atoms with Crippen molar-refractivity contribution in [3.63, 3.8) is 0 Å². The molecule has 4 fully saturated rings. The summed E-state index contributed by atoms with van der Waals surface area (Å²) in [6.45, 7) is 9.98. The smallest absolute Gasteiger partial charge is 0.302 e. The van der Waals surface area contributed by atoms with Gasteiger partial charge in [0.05, 0.1) is 0 Å². The van der Waals surface area contributed by atoms with Crippen molar-refractivity contribution in [1.82, 2.24) is 0 Å². The second-order valence-electron chi connectivity index (χ2n) is 11.2. The van der Waals surface area contributed by atoms with Crippen LogP contribution in [0.15, 0.2) is 0 Å². The van der Waals surface area contributed by atoms with E-state index in [0.717, 1.165) is 30.6 Å². The van der Waals surface area contributed by atoms with Gasteiger partial charge in [0.1, 0.15) is 12.2 Å². The van der Waals surface area contributed by atoms with Crippen molar-refractivity contribution in [2.24, 2.45) is 40.4 Å². The first-order valence-corrected chi connectivity index (χ1v) is 12.0. The van der Waals surface area contributed by atoms with Crippen LogP contribution in [-0.4, -0.2) is 24.1 Å². The molecule has 4 aliphatic rings. The van der Waals surface area contributed by atoms with Crippen LogP contribution in [0.25, 0.3) is 0 Å². The molecule has 4 aliphatic carbocycles. The third-order valence-corrected chi connectivity index (χ3v) is 9.84. The average Bonchev–Trinajstić information content (AvgIpc) is 2.91. The zero-order valence-electron chi connectivity index (χ0n) is 19.0. The highest BCUT2D eigenvalue weighted by molar-refractivity contribution is 5.67. The molecule has 0 aromatic carbocycles. The molecule has 0 aromatic heterocycles. The summed E-state index contributed by atoms with van der Waals surface area (Å²) in [5, 5.41) is 0. The van der Waals surface area contributed by atoms with Gasteiger partial charge in [-0.25, -0.2) is 0 Å². The van der Waals surface area contributed by atoms with Gasteiger partial charge >= 0.3 is 11.9 Å². The molecule has 0 bridgehead atoms. The number of carbonyl (C=O) groups is 2. The van der Waals surface area contributed by atoms with E-state index in [-0.39, 0.29) is 35.5 Å². The molecule has 4 heteroatoms. The summed E-state index contributed by atoms with van der Waals surface area (Å²) in [5.74, 6) is 2.64. The monoisotopic (exact) mass is 404 g/mol. The summed E-state index contributed by atoms with van der Waals surface area (Å²) in [5.41, 5.74) is 0.576. The molecular formula is C25H40O4. The van der Waals surface area contributed by atoms with Gasteiger partial charge < -0.3 is 9.47 Å². The highest BCUT2D eigenvalue weighted by Gasteiger charge is 2.64. The molecule has 0 unspecified atom stereocenters. The quantitative estimate of drug-likeness (QED) is 0.581. The van der Waals surface area contributed by atoms with Crippen LogP contribution in [0.3, 0.4) is 0 Å². The molecular weight excluding hydrogens is 364 g/mol. The molecule has 29 heavy (non-hydrogen) atoms. The molecule has 9 atom stereocenters. The van der Waals surface area contributed by atoms with Crippen LogP contribution in [-0.2, 0) is 19.1 Å². The topological polar surface area (TPSA) is 52.6 Å². The van der Waals surface area contributed by atoms with Gasteiger partial charge in [-0.3, -0.25) is 9.59 Å². The zero-order chi connectivity index (χ0) is 21.0. The number of hydrogen-bond acceptors (Lipinski definition) is 4. The predicted molar refractivity (Wildman–Crippen MR) is 112 cm³/mol. The van der Waals surface area contributed by atoms with Crippen molar-refractivity contribution in [2.75, 3.05) is 0 Å². The molecule has 4 nitrogen and oxygen atoms in total. The Morgan fingerprint density at radius 1 is 0.897 bits per heavy atom. The van der Waals surface area contributed by atoms with Crippen molar-refractivity contribution in [3.8, 4) is 0 Å². The molecule has 164 valence electrons. The second kappa shape index (κ2) is 7.57. The normalized spacial score (nSPS) is 47.3. The van der Waals surface area contributed by atoms with Gasteiger partial charge in [0.15, 0.2) is 0 Å². The standard InChI is InChI=1S/C25H40O4/c1-15(28-16(2)26)23-22(29-17(3)27)14-21-19-10-9-18-8-6-7-12-24(18,4)20(19)11-13-25(21,23)5/h15,18-23H,6-14H2,1-5H3/t15-,18-,19-,20+,21-,22-,23-,24+,25-/m1/s1. The zero-order valence-corrected chi connectivity index (χ0v) is 19.0. The summed E-state index contributed by atoms with van der Waals surface area (Å²) in [6, 6.07) is 0. The minimum atomic E-state index is -0.241. The van der Waals surface area contributed by atoms with E-state index >= 15 is 0 Å². The number of carbonyl (C=O) groups excluding carboxylic acids is 2. The van der Waals surface area contributed by atoms with E-state index in [1.165, 1.54) is 58.8 Å². The van der Waals surface area contributed by atoms with E-state index in [1.54, 1.807) is 0 Å². The largest absolute Gasteiger partial charge is 0.462 e. The van der Waals surface area contributed by atoms with Crippen molar-refractivity contribution in [3.05, 3.63) is 0 Å². The number of esters is 2. The van der Waals surface area contributed by atoms with E-state index in [0.29, 0.717) is 11.3 Å². The molecule has 0 spiro atoms. The molecule has 0 saturated heterocycles. The van der Waals surface area contributed by atoms with Gasteiger partial charge in [0.2, 0.25) is 0 Å². The summed E-state index contributed by atoms with van der Waals surface area (Å²) in [4.78, 5) is 23.6. The van der Waals surface area contributed by atoms with Gasteiger partial charge in [0, 0.05) is 19.8 Å². The van der Waals surface area contributed by atoms with Gasteiger partial charge in [-0.15, -0.1) is 0 Å². The highest BCUT2D eigenvalue weighted by Crippen LogP contribution is 2.68. The lowest BCUT2D eigenvalue weighted by Gasteiger charge is -2.60. The van der Waals surface area contributed by atoms with E-state index < -0.39 is 0 Å². The lowest BCUT2D eigenvalue weighted by atomic mass is 9.45. The molecule has 0 radical (unpaired) electrons. The lowest BCUT2D eigenvalue weighted by molar-refractivity contribution is -0.163. The van der Waals surface area contributed by atoms with Crippen molar-refractivity contribution in [1.29, 1.82) is 0 Å². The van der Waals surface area contributed by atoms with Crippen LogP contribution in [0.2, 0.25) is 0 Å². The maximum atomic E-state index is 11.9. The number of hydrogen-bond donors (Lipinski definition) is 0. The van der Waals surface area contributed by atoms with Gasteiger partial charge in [-0.05, 0) is 86.4 Å². The van der Waals surface area contributed by atoms with E-state index in [2.05, 4.69) is 13.8 Å². The Bertz CT molecular complexity index is 659. The third-order valence-electron chi connectivity index (χ3n) is 9.84. The summed E-state index contributed by atoms with van der Waals surface area (Å²) in [7, 11) is 0. The van der Waals surface area contributed by atoms with E-state index in [4.69, 9.17) is 9.47 Å². The minimum absolute atomic E-state index is 0.0774. The Kier molecular flexibility index (Phi) is 5.53. The fraction of sp³-hybridized carbons (Fsp3) is 0.920. The maximum absolute atomic E-state index is 11.9. The Labute approximate surface area is 176 Å². The molecule has 0 amide bonds. The summed E-state index contributed by atoms with van der Waals surface area (Å²) >= 11 is 0. The maximum Gasteiger partial charge on any atom is 0.302 e. The lowest BCUT2D eigenvalue weighted by Crippen LogP contribution is -2.53. The Morgan fingerprint density at radius 3 is 2.34 bits per heavy atom. The van der Waals surface area contributed by atoms with Crippen molar-refractivity contribution >= 4 is 11.9 Å². The van der Waals surface area contributed by atoms with E-state index in [9.17, 15) is 9.59 Å². The summed E-state index contributed by atoms with van der Waals surface area (Å²) in [6.07, 6.45) is 11.3. The molecule has 4 rings (SSSR count). The molecule has 0 aliphatic heterocycles.